The number of benzene rings is 1. The molecule has 1 fully saturated rings. The summed E-state index contributed by atoms with van der Waals surface area (Å²) in [7, 11) is 0. The zero-order valence-corrected chi connectivity index (χ0v) is 11.4. The van der Waals surface area contributed by atoms with Gasteiger partial charge in [-0.25, -0.2) is 0 Å². The summed E-state index contributed by atoms with van der Waals surface area (Å²) in [5.41, 5.74) is 1.56. The molecule has 1 saturated carbocycles. The van der Waals surface area contributed by atoms with Crippen molar-refractivity contribution >= 4 is 6.41 Å². The van der Waals surface area contributed by atoms with Crippen molar-refractivity contribution in [3.63, 3.8) is 0 Å². The van der Waals surface area contributed by atoms with E-state index in [0.717, 1.165) is 12.8 Å². The molecule has 1 aromatic carbocycles. The van der Waals surface area contributed by atoms with Gasteiger partial charge in [-0.05, 0) is 30.7 Å². The summed E-state index contributed by atoms with van der Waals surface area (Å²) in [4.78, 5) is 10.9. The van der Waals surface area contributed by atoms with Crippen molar-refractivity contribution in [2.45, 2.75) is 51.0 Å². The van der Waals surface area contributed by atoms with Gasteiger partial charge in [-0.3, -0.25) is 4.79 Å². The van der Waals surface area contributed by atoms with Crippen molar-refractivity contribution in [1.82, 2.24) is 5.32 Å². The molecule has 1 aromatic rings. The summed E-state index contributed by atoms with van der Waals surface area (Å²) in [6.07, 6.45) is 5.57. The molecule has 1 aliphatic carbocycles. The van der Waals surface area contributed by atoms with E-state index in [0.29, 0.717) is 5.92 Å². The van der Waals surface area contributed by atoms with E-state index >= 15 is 0 Å². The first-order valence-corrected chi connectivity index (χ1v) is 6.94. The van der Waals surface area contributed by atoms with E-state index in [-0.39, 0.29) is 11.5 Å². The largest absolute Gasteiger partial charge is 0.355 e. The topological polar surface area (TPSA) is 29.1 Å². The van der Waals surface area contributed by atoms with Crippen LogP contribution in [0.3, 0.4) is 0 Å². The lowest BCUT2D eigenvalue weighted by molar-refractivity contribution is -0.111. The lowest BCUT2D eigenvalue weighted by atomic mass is 9.59. The summed E-state index contributed by atoms with van der Waals surface area (Å²) >= 11 is 0. The second-order valence-electron chi connectivity index (χ2n) is 5.84. The second-order valence-corrected chi connectivity index (χ2v) is 5.84. The van der Waals surface area contributed by atoms with Crippen LogP contribution in [0.1, 0.15) is 45.1 Å². The van der Waals surface area contributed by atoms with Gasteiger partial charge in [0.15, 0.2) is 0 Å². The Bertz CT molecular complexity index is 381. The molecule has 2 heteroatoms. The average Bonchev–Trinajstić information content (AvgIpc) is 2.28. The van der Waals surface area contributed by atoms with E-state index in [1.54, 1.807) is 0 Å². The number of rotatable bonds is 6. The first kappa shape index (κ1) is 13.1. The molecule has 2 nitrogen and oxygen atoms in total. The number of hydrogen-bond acceptors (Lipinski definition) is 1. The Morgan fingerprint density at radius 2 is 1.94 bits per heavy atom. The number of amides is 1. The molecular weight excluding hydrogens is 222 g/mol. The highest BCUT2D eigenvalue weighted by Crippen LogP contribution is 2.47. The van der Waals surface area contributed by atoms with Crippen molar-refractivity contribution in [1.29, 1.82) is 0 Å². The van der Waals surface area contributed by atoms with Crippen molar-refractivity contribution in [3.05, 3.63) is 35.9 Å². The van der Waals surface area contributed by atoms with E-state index in [4.69, 9.17) is 0 Å². The lowest BCUT2D eigenvalue weighted by Gasteiger charge is -2.48. The molecule has 0 heterocycles. The van der Waals surface area contributed by atoms with E-state index in [1.165, 1.54) is 24.8 Å². The summed E-state index contributed by atoms with van der Waals surface area (Å²) < 4.78 is 0. The average molecular weight is 245 g/mol. The zero-order valence-electron chi connectivity index (χ0n) is 11.4. The van der Waals surface area contributed by atoms with Crippen LogP contribution in [0.2, 0.25) is 0 Å². The highest BCUT2D eigenvalue weighted by Gasteiger charge is 2.45. The molecule has 1 unspecified atom stereocenters. The van der Waals surface area contributed by atoms with Gasteiger partial charge in [-0.1, -0.05) is 50.6 Å². The van der Waals surface area contributed by atoms with E-state index < -0.39 is 0 Å². The molecular formula is C16H23NO. The Hall–Kier alpha value is -1.31. The molecule has 0 saturated heterocycles. The Labute approximate surface area is 110 Å². The van der Waals surface area contributed by atoms with Gasteiger partial charge in [-0.15, -0.1) is 0 Å². The molecule has 0 spiro atoms. The molecule has 0 aromatic heterocycles. The van der Waals surface area contributed by atoms with Crippen LogP contribution in [0.4, 0.5) is 0 Å². The zero-order chi connectivity index (χ0) is 13.0. The maximum Gasteiger partial charge on any atom is 0.207 e. The Balaban J connectivity index is 2.26. The second kappa shape index (κ2) is 5.55. The molecule has 1 N–H and O–H groups in total. The van der Waals surface area contributed by atoms with Gasteiger partial charge >= 0.3 is 0 Å². The smallest absolute Gasteiger partial charge is 0.207 e. The normalized spacial score (nSPS) is 19.1. The maximum absolute atomic E-state index is 10.9. The van der Waals surface area contributed by atoms with Crippen LogP contribution >= 0.6 is 0 Å². The van der Waals surface area contributed by atoms with E-state index in [1.807, 2.05) is 0 Å². The Kier molecular flexibility index (Phi) is 4.05. The number of hydrogen-bond donors (Lipinski definition) is 1. The van der Waals surface area contributed by atoms with Crippen LogP contribution in [0.5, 0.6) is 0 Å². The SMILES string of the molecule is CC(C)CC(NC=O)C1(c2ccccc2)CCC1. The van der Waals surface area contributed by atoms with Gasteiger partial charge in [0.25, 0.3) is 0 Å². The van der Waals surface area contributed by atoms with Gasteiger partial charge in [0.2, 0.25) is 6.41 Å². The van der Waals surface area contributed by atoms with E-state index in [9.17, 15) is 4.79 Å². The summed E-state index contributed by atoms with van der Waals surface area (Å²) in [6, 6.07) is 10.9. The highest BCUT2D eigenvalue weighted by atomic mass is 16.1. The van der Waals surface area contributed by atoms with Gasteiger partial charge < -0.3 is 5.32 Å². The van der Waals surface area contributed by atoms with Crippen molar-refractivity contribution in [2.24, 2.45) is 5.92 Å². The Morgan fingerprint density at radius 1 is 1.28 bits per heavy atom. The number of carbonyl (C=O) groups excluding carboxylic acids is 1. The quantitative estimate of drug-likeness (QED) is 0.766. The minimum atomic E-state index is 0.173. The molecule has 2 rings (SSSR count). The number of carbonyl (C=O) groups is 1. The lowest BCUT2D eigenvalue weighted by Crippen LogP contribution is -2.53. The molecule has 0 bridgehead atoms. The molecule has 0 aliphatic heterocycles. The molecule has 0 radical (unpaired) electrons. The van der Waals surface area contributed by atoms with Gasteiger partial charge in [0.05, 0.1) is 0 Å². The molecule has 1 amide bonds. The van der Waals surface area contributed by atoms with Crippen LogP contribution in [-0.4, -0.2) is 12.5 Å². The maximum atomic E-state index is 10.9. The standard InChI is InChI=1S/C16H23NO/c1-13(2)11-15(17-12-18)16(9-6-10-16)14-7-4-3-5-8-14/h3-5,7-8,12-13,15H,6,9-11H2,1-2H3,(H,17,18). The van der Waals surface area contributed by atoms with Crippen molar-refractivity contribution in [3.8, 4) is 0 Å². The van der Waals surface area contributed by atoms with Gasteiger partial charge in [0, 0.05) is 11.5 Å². The number of nitrogens with one attached hydrogen (secondary N) is 1. The molecule has 98 valence electrons. The molecule has 18 heavy (non-hydrogen) atoms. The molecule has 1 aliphatic rings. The summed E-state index contributed by atoms with van der Waals surface area (Å²) in [6.45, 7) is 4.44. The minimum Gasteiger partial charge on any atom is -0.355 e. The minimum absolute atomic E-state index is 0.173. The van der Waals surface area contributed by atoms with Gasteiger partial charge in [0.1, 0.15) is 0 Å². The first-order chi connectivity index (χ1) is 8.69. The third-order valence-electron chi connectivity index (χ3n) is 4.24. The van der Waals surface area contributed by atoms with Crippen molar-refractivity contribution < 1.29 is 4.79 Å². The fraction of sp³-hybridized carbons (Fsp3) is 0.562. The monoisotopic (exact) mass is 245 g/mol. The third kappa shape index (κ3) is 2.43. The predicted octanol–water partition coefficient (Wildman–Crippen LogP) is 3.27. The molecule has 1 atom stereocenters. The van der Waals surface area contributed by atoms with Crippen LogP contribution < -0.4 is 5.32 Å². The van der Waals surface area contributed by atoms with Crippen LogP contribution in [0.15, 0.2) is 30.3 Å². The third-order valence-corrected chi connectivity index (χ3v) is 4.24. The van der Waals surface area contributed by atoms with Crippen LogP contribution in [0, 0.1) is 5.92 Å². The predicted molar refractivity (Wildman–Crippen MR) is 74.4 cm³/mol. The summed E-state index contributed by atoms with van der Waals surface area (Å²) in [5, 5.41) is 3.07. The highest BCUT2D eigenvalue weighted by molar-refractivity contribution is 5.48. The van der Waals surface area contributed by atoms with Crippen LogP contribution in [-0.2, 0) is 10.2 Å². The van der Waals surface area contributed by atoms with Crippen molar-refractivity contribution in [2.75, 3.05) is 0 Å². The fourth-order valence-corrected chi connectivity index (χ4v) is 3.17. The van der Waals surface area contributed by atoms with Gasteiger partial charge in [-0.2, -0.15) is 0 Å². The Morgan fingerprint density at radius 3 is 2.39 bits per heavy atom. The summed E-state index contributed by atoms with van der Waals surface area (Å²) in [5.74, 6) is 0.601. The fourth-order valence-electron chi connectivity index (χ4n) is 3.17. The first-order valence-electron chi connectivity index (χ1n) is 6.94. The van der Waals surface area contributed by atoms with Crippen LogP contribution in [0.25, 0.3) is 0 Å². The van der Waals surface area contributed by atoms with E-state index in [2.05, 4.69) is 49.5 Å².